The van der Waals surface area contributed by atoms with E-state index in [0.29, 0.717) is 17.0 Å². The highest BCUT2D eigenvalue weighted by atomic mass is 16.1. The van der Waals surface area contributed by atoms with Crippen molar-refractivity contribution in [1.29, 1.82) is 5.26 Å². The van der Waals surface area contributed by atoms with Crippen LogP contribution in [0.5, 0.6) is 0 Å². The van der Waals surface area contributed by atoms with Crippen LogP contribution in [0.25, 0.3) is 0 Å². The second-order valence-electron chi connectivity index (χ2n) is 5.20. The predicted molar refractivity (Wildman–Crippen MR) is 71.7 cm³/mol. The van der Waals surface area contributed by atoms with Gasteiger partial charge in [-0.05, 0) is 36.5 Å². The summed E-state index contributed by atoms with van der Waals surface area (Å²) < 4.78 is 0. The molecule has 2 rings (SSSR count). The van der Waals surface area contributed by atoms with E-state index in [0.717, 1.165) is 37.4 Å². The van der Waals surface area contributed by atoms with Gasteiger partial charge in [0.15, 0.2) is 0 Å². The van der Waals surface area contributed by atoms with Gasteiger partial charge in [-0.2, -0.15) is 5.26 Å². The fraction of sp³-hybridized carbons (Fsp3) is 0.467. The second kappa shape index (κ2) is 5.22. The van der Waals surface area contributed by atoms with Crippen LogP contribution >= 0.6 is 0 Å². The van der Waals surface area contributed by atoms with Crippen LogP contribution in [0.2, 0.25) is 0 Å². The molecule has 1 aliphatic heterocycles. The summed E-state index contributed by atoms with van der Waals surface area (Å²) in [5.41, 5.74) is 2.12. The molecule has 1 saturated heterocycles. The Kier molecular flexibility index (Phi) is 3.66. The van der Waals surface area contributed by atoms with Crippen LogP contribution in [-0.4, -0.2) is 19.4 Å². The number of benzene rings is 1. The first-order chi connectivity index (χ1) is 8.65. The topological polar surface area (TPSA) is 44.1 Å². The quantitative estimate of drug-likeness (QED) is 0.749. The third kappa shape index (κ3) is 2.38. The van der Waals surface area contributed by atoms with E-state index in [1.54, 1.807) is 12.1 Å². The van der Waals surface area contributed by atoms with Gasteiger partial charge in [0.05, 0.1) is 11.3 Å². The van der Waals surface area contributed by atoms with E-state index >= 15 is 0 Å². The summed E-state index contributed by atoms with van der Waals surface area (Å²) in [5.74, 6) is 1.37. The van der Waals surface area contributed by atoms with E-state index in [2.05, 4.69) is 24.8 Å². The van der Waals surface area contributed by atoms with Gasteiger partial charge < -0.3 is 4.90 Å². The number of piperidine rings is 1. The highest BCUT2D eigenvalue weighted by molar-refractivity contribution is 5.78. The molecule has 1 fully saturated rings. The zero-order chi connectivity index (χ0) is 13.1. The molecule has 0 bridgehead atoms. The average molecular weight is 242 g/mol. The van der Waals surface area contributed by atoms with Gasteiger partial charge in [-0.25, -0.2) is 0 Å². The Hall–Kier alpha value is -1.82. The molecule has 18 heavy (non-hydrogen) atoms. The summed E-state index contributed by atoms with van der Waals surface area (Å²) in [6.07, 6.45) is 1.94. The smallest absolute Gasteiger partial charge is 0.150 e. The lowest BCUT2D eigenvalue weighted by atomic mass is 9.88. The van der Waals surface area contributed by atoms with E-state index in [1.165, 1.54) is 0 Å². The Balaban J connectivity index is 2.28. The first-order valence-corrected chi connectivity index (χ1v) is 6.40. The summed E-state index contributed by atoms with van der Waals surface area (Å²) >= 11 is 0. The lowest BCUT2D eigenvalue weighted by Crippen LogP contribution is -2.38. The Morgan fingerprint density at radius 1 is 1.39 bits per heavy atom. The van der Waals surface area contributed by atoms with Gasteiger partial charge in [-0.15, -0.1) is 0 Å². The van der Waals surface area contributed by atoms with Crippen LogP contribution in [0.1, 0.15) is 36.2 Å². The summed E-state index contributed by atoms with van der Waals surface area (Å²) in [6, 6.07) is 7.54. The first-order valence-electron chi connectivity index (χ1n) is 6.40. The maximum Gasteiger partial charge on any atom is 0.150 e. The molecular weight excluding hydrogens is 224 g/mol. The summed E-state index contributed by atoms with van der Waals surface area (Å²) in [4.78, 5) is 13.0. The van der Waals surface area contributed by atoms with Crippen molar-refractivity contribution in [3.8, 4) is 6.07 Å². The number of carbonyl (C=O) groups excluding carboxylic acids is 1. The van der Waals surface area contributed by atoms with Crippen LogP contribution < -0.4 is 4.90 Å². The molecule has 94 valence electrons. The lowest BCUT2D eigenvalue weighted by Gasteiger charge is -2.37. The lowest BCUT2D eigenvalue weighted by molar-refractivity contribution is 0.112. The molecule has 2 unspecified atom stereocenters. The van der Waals surface area contributed by atoms with Gasteiger partial charge in [0.25, 0.3) is 0 Å². The first kappa shape index (κ1) is 12.6. The number of nitrogens with zero attached hydrogens (tertiary/aromatic N) is 2. The van der Waals surface area contributed by atoms with Crippen molar-refractivity contribution in [2.24, 2.45) is 11.8 Å². The van der Waals surface area contributed by atoms with E-state index in [4.69, 9.17) is 0 Å². The molecule has 1 aromatic rings. The molecule has 0 aromatic heterocycles. The van der Waals surface area contributed by atoms with Gasteiger partial charge in [0, 0.05) is 18.7 Å². The molecule has 0 aliphatic carbocycles. The van der Waals surface area contributed by atoms with Crippen LogP contribution in [0.4, 0.5) is 5.69 Å². The van der Waals surface area contributed by atoms with Crippen molar-refractivity contribution in [3.05, 3.63) is 29.3 Å². The van der Waals surface area contributed by atoms with E-state index in [-0.39, 0.29) is 0 Å². The number of carbonyl (C=O) groups is 1. The fourth-order valence-electron chi connectivity index (χ4n) is 2.47. The molecule has 0 spiro atoms. The molecule has 0 radical (unpaired) electrons. The van der Waals surface area contributed by atoms with Crippen molar-refractivity contribution in [3.63, 3.8) is 0 Å². The number of nitriles is 1. The van der Waals surface area contributed by atoms with E-state index in [1.807, 2.05) is 6.07 Å². The minimum atomic E-state index is 0.564. The molecular formula is C15H18N2O. The molecule has 0 amide bonds. The zero-order valence-electron chi connectivity index (χ0n) is 10.9. The fourth-order valence-corrected chi connectivity index (χ4v) is 2.47. The molecule has 1 heterocycles. The number of hydrogen-bond donors (Lipinski definition) is 0. The van der Waals surface area contributed by atoms with Crippen LogP contribution in [0.15, 0.2) is 18.2 Å². The van der Waals surface area contributed by atoms with Crippen LogP contribution in [-0.2, 0) is 0 Å². The summed E-state index contributed by atoms with van der Waals surface area (Å²) in [6.45, 7) is 6.50. The zero-order valence-corrected chi connectivity index (χ0v) is 10.9. The number of aldehydes is 1. The SMILES string of the molecule is CC1CCN(c2ccc(C=O)cc2C#N)CC1C. The number of hydrogen-bond acceptors (Lipinski definition) is 3. The Bertz CT molecular complexity index is 490. The molecule has 3 nitrogen and oxygen atoms in total. The Morgan fingerprint density at radius 2 is 2.17 bits per heavy atom. The van der Waals surface area contributed by atoms with Gasteiger partial charge in [0.2, 0.25) is 0 Å². The van der Waals surface area contributed by atoms with E-state index < -0.39 is 0 Å². The highest BCUT2D eigenvalue weighted by Gasteiger charge is 2.24. The minimum absolute atomic E-state index is 0.564. The van der Waals surface area contributed by atoms with Crippen molar-refractivity contribution in [1.82, 2.24) is 0 Å². The molecule has 2 atom stereocenters. The standard InChI is InChI=1S/C15H18N2O/c1-11-5-6-17(9-12(11)2)15-4-3-13(10-18)7-14(15)8-16/h3-4,7,10-12H,5-6,9H2,1-2H3. The average Bonchev–Trinajstić information content (AvgIpc) is 2.41. The Labute approximate surface area is 108 Å². The predicted octanol–water partition coefficient (Wildman–Crippen LogP) is 2.85. The summed E-state index contributed by atoms with van der Waals surface area (Å²) in [7, 11) is 0. The molecule has 3 heteroatoms. The van der Waals surface area contributed by atoms with Crippen LogP contribution in [0, 0.1) is 23.2 Å². The van der Waals surface area contributed by atoms with Crippen molar-refractivity contribution in [2.75, 3.05) is 18.0 Å². The largest absolute Gasteiger partial charge is 0.370 e. The maximum absolute atomic E-state index is 10.7. The van der Waals surface area contributed by atoms with Gasteiger partial charge >= 0.3 is 0 Å². The van der Waals surface area contributed by atoms with Gasteiger partial charge in [0.1, 0.15) is 12.4 Å². The molecule has 0 saturated carbocycles. The van der Waals surface area contributed by atoms with Crippen molar-refractivity contribution < 1.29 is 4.79 Å². The van der Waals surface area contributed by atoms with E-state index in [9.17, 15) is 10.1 Å². The molecule has 1 aliphatic rings. The maximum atomic E-state index is 10.7. The van der Waals surface area contributed by atoms with Crippen LogP contribution in [0.3, 0.4) is 0 Å². The Morgan fingerprint density at radius 3 is 2.78 bits per heavy atom. The third-order valence-electron chi connectivity index (χ3n) is 3.95. The van der Waals surface area contributed by atoms with Gasteiger partial charge in [-0.1, -0.05) is 13.8 Å². The highest BCUT2D eigenvalue weighted by Crippen LogP contribution is 2.29. The monoisotopic (exact) mass is 242 g/mol. The second-order valence-corrected chi connectivity index (χ2v) is 5.20. The normalized spacial score (nSPS) is 23.5. The molecule has 1 aromatic carbocycles. The summed E-state index contributed by atoms with van der Waals surface area (Å²) in [5, 5.41) is 9.19. The number of rotatable bonds is 2. The van der Waals surface area contributed by atoms with Crippen molar-refractivity contribution >= 4 is 12.0 Å². The van der Waals surface area contributed by atoms with Crippen molar-refractivity contribution in [2.45, 2.75) is 20.3 Å². The number of anilines is 1. The molecule has 0 N–H and O–H groups in total. The van der Waals surface area contributed by atoms with Gasteiger partial charge in [-0.3, -0.25) is 4.79 Å². The minimum Gasteiger partial charge on any atom is -0.370 e. The third-order valence-corrected chi connectivity index (χ3v) is 3.95.